The second-order valence-corrected chi connectivity index (χ2v) is 5.21. The second kappa shape index (κ2) is 7.47. The third-order valence-corrected chi connectivity index (χ3v) is 3.58. The molecule has 1 aromatic heterocycles. The molecule has 8 nitrogen and oxygen atoms in total. The third kappa shape index (κ3) is 3.69. The first kappa shape index (κ1) is 17.2. The zero-order valence-corrected chi connectivity index (χ0v) is 14.1. The van der Waals surface area contributed by atoms with Gasteiger partial charge in [-0.25, -0.2) is 0 Å². The Morgan fingerprint density at radius 3 is 2.62 bits per heavy atom. The number of methoxy groups -OCH3 is 2. The van der Waals surface area contributed by atoms with Crippen molar-refractivity contribution in [2.75, 3.05) is 14.2 Å². The first-order chi connectivity index (χ1) is 12.6. The minimum Gasteiger partial charge on any atom is -0.493 e. The van der Waals surface area contributed by atoms with Crippen LogP contribution in [0.1, 0.15) is 11.5 Å². The van der Waals surface area contributed by atoms with Crippen molar-refractivity contribution in [3.8, 4) is 22.9 Å². The Labute approximate surface area is 148 Å². The fraction of sp³-hybridized carbons (Fsp3) is 0.111. The molecule has 0 saturated carbocycles. The first-order valence-electron chi connectivity index (χ1n) is 7.59. The molecule has 0 aliphatic rings. The van der Waals surface area contributed by atoms with Crippen molar-refractivity contribution >= 4 is 17.8 Å². The highest BCUT2D eigenvalue weighted by Gasteiger charge is 2.11. The van der Waals surface area contributed by atoms with E-state index < -0.39 is 4.92 Å². The minimum atomic E-state index is -0.471. The van der Waals surface area contributed by atoms with Gasteiger partial charge in [0.1, 0.15) is 0 Å². The monoisotopic (exact) mass is 353 g/mol. The molecule has 0 radical (unpaired) electrons. The molecule has 2 aromatic carbocycles. The molecule has 132 valence electrons. The molecular weight excluding hydrogens is 338 g/mol. The summed E-state index contributed by atoms with van der Waals surface area (Å²) in [6.45, 7) is 0. The summed E-state index contributed by atoms with van der Waals surface area (Å²) >= 11 is 0. The molecule has 26 heavy (non-hydrogen) atoms. The van der Waals surface area contributed by atoms with Gasteiger partial charge in [-0.1, -0.05) is 23.4 Å². The predicted molar refractivity (Wildman–Crippen MR) is 94.9 cm³/mol. The van der Waals surface area contributed by atoms with Gasteiger partial charge >= 0.3 is 0 Å². The largest absolute Gasteiger partial charge is 0.493 e. The zero-order valence-electron chi connectivity index (χ0n) is 14.1. The molecule has 3 aromatic rings. The molecule has 0 bridgehead atoms. The van der Waals surface area contributed by atoms with Crippen molar-refractivity contribution in [1.82, 2.24) is 10.1 Å². The molecule has 0 aliphatic carbocycles. The minimum absolute atomic E-state index is 0.0327. The maximum Gasteiger partial charge on any atom is 0.270 e. The Kier molecular flexibility index (Phi) is 4.93. The summed E-state index contributed by atoms with van der Waals surface area (Å²) < 4.78 is 15.6. The Bertz CT molecular complexity index is 965. The zero-order chi connectivity index (χ0) is 18.5. The van der Waals surface area contributed by atoms with Gasteiger partial charge in [-0.2, -0.15) is 4.98 Å². The number of nitro benzene ring substituents is 1. The van der Waals surface area contributed by atoms with Crippen molar-refractivity contribution in [3.05, 3.63) is 64.0 Å². The molecule has 0 amide bonds. The van der Waals surface area contributed by atoms with Crippen LogP contribution in [0.2, 0.25) is 0 Å². The number of rotatable bonds is 6. The van der Waals surface area contributed by atoms with Crippen molar-refractivity contribution in [2.24, 2.45) is 0 Å². The van der Waals surface area contributed by atoms with Crippen LogP contribution in [-0.2, 0) is 0 Å². The van der Waals surface area contributed by atoms with Gasteiger partial charge in [-0.05, 0) is 23.8 Å². The van der Waals surface area contributed by atoms with Crippen LogP contribution in [0.3, 0.4) is 0 Å². The van der Waals surface area contributed by atoms with Crippen molar-refractivity contribution < 1.29 is 18.9 Å². The molecular formula is C18H15N3O5. The number of non-ortho nitro benzene ring substituents is 1. The molecule has 8 heteroatoms. The lowest BCUT2D eigenvalue weighted by atomic mass is 10.2. The van der Waals surface area contributed by atoms with E-state index in [0.29, 0.717) is 17.1 Å². The highest BCUT2D eigenvalue weighted by molar-refractivity contribution is 5.69. The van der Waals surface area contributed by atoms with Crippen molar-refractivity contribution in [3.63, 3.8) is 0 Å². The maximum atomic E-state index is 10.9. The highest BCUT2D eigenvalue weighted by atomic mass is 16.6. The van der Waals surface area contributed by atoms with E-state index in [0.717, 1.165) is 5.56 Å². The summed E-state index contributed by atoms with van der Waals surface area (Å²) in [7, 11) is 3.13. The van der Waals surface area contributed by atoms with Crippen LogP contribution in [0.4, 0.5) is 5.69 Å². The molecule has 0 N–H and O–H groups in total. The van der Waals surface area contributed by atoms with Gasteiger partial charge in [0, 0.05) is 23.8 Å². The van der Waals surface area contributed by atoms with Crippen molar-refractivity contribution in [1.29, 1.82) is 0 Å². The van der Waals surface area contributed by atoms with Gasteiger partial charge in [-0.3, -0.25) is 10.1 Å². The van der Waals surface area contributed by atoms with Crippen LogP contribution < -0.4 is 9.47 Å². The fourth-order valence-electron chi connectivity index (χ4n) is 2.30. The van der Waals surface area contributed by atoms with Crippen LogP contribution in [0.5, 0.6) is 11.5 Å². The molecule has 0 saturated heterocycles. The van der Waals surface area contributed by atoms with Crippen molar-refractivity contribution in [2.45, 2.75) is 0 Å². The quantitative estimate of drug-likeness (QED) is 0.490. The molecule has 3 rings (SSSR count). The predicted octanol–water partition coefficient (Wildman–Crippen LogP) is 3.83. The number of nitrogens with zero attached hydrogens (tertiary/aromatic N) is 3. The summed E-state index contributed by atoms with van der Waals surface area (Å²) in [6, 6.07) is 11.5. The summed E-state index contributed by atoms with van der Waals surface area (Å²) in [4.78, 5) is 14.6. The van der Waals surface area contributed by atoms with Crippen LogP contribution >= 0.6 is 0 Å². The summed E-state index contributed by atoms with van der Waals surface area (Å²) in [5.41, 5.74) is 1.33. The average Bonchev–Trinajstić information content (AvgIpc) is 3.15. The summed E-state index contributed by atoms with van der Waals surface area (Å²) in [5.74, 6) is 1.80. The maximum absolute atomic E-state index is 10.9. The smallest absolute Gasteiger partial charge is 0.270 e. The fourth-order valence-corrected chi connectivity index (χ4v) is 2.30. The third-order valence-electron chi connectivity index (χ3n) is 3.58. The Hall–Kier alpha value is -3.68. The Morgan fingerprint density at radius 2 is 1.88 bits per heavy atom. The highest BCUT2D eigenvalue weighted by Crippen LogP contribution is 2.28. The topological polar surface area (TPSA) is 101 Å². The van der Waals surface area contributed by atoms with Gasteiger partial charge in [0.2, 0.25) is 5.82 Å². The van der Waals surface area contributed by atoms with Gasteiger partial charge in [0.05, 0.1) is 19.1 Å². The first-order valence-corrected chi connectivity index (χ1v) is 7.59. The molecule has 0 spiro atoms. The van der Waals surface area contributed by atoms with Crippen LogP contribution in [0.15, 0.2) is 47.0 Å². The molecule has 0 fully saturated rings. The lowest BCUT2D eigenvalue weighted by molar-refractivity contribution is -0.384. The standard InChI is InChI=1S/C18H15N3O5/c1-24-15-8-6-12(10-16(15)25-2)7-9-17-19-18(20-26-17)13-4-3-5-14(11-13)21(22)23/h3-11H,1-2H3. The Balaban J connectivity index is 1.81. The molecule has 1 heterocycles. The Morgan fingerprint density at radius 1 is 1.08 bits per heavy atom. The summed E-state index contributed by atoms with van der Waals surface area (Å²) in [5, 5.41) is 14.7. The lowest BCUT2D eigenvalue weighted by Crippen LogP contribution is -1.90. The van der Waals surface area contributed by atoms with Crippen LogP contribution in [0.25, 0.3) is 23.5 Å². The van der Waals surface area contributed by atoms with Crippen LogP contribution in [0, 0.1) is 10.1 Å². The van der Waals surface area contributed by atoms with E-state index >= 15 is 0 Å². The SMILES string of the molecule is COc1ccc(C=Cc2nc(-c3cccc([N+](=O)[O-])c3)no2)cc1OC. The number of benzene rings is 2. The second-order valence-electron chi connectivity index (χ2n) is 5.21. The van der Waals surface area contributed by atoms with E-state index in [-0.39, 0.29) is 17.4 Å². The summed E-state index contributed by atoms with van der Waals surface area (Å²) in [6.07, 6.45) is 3.43. The number of hydrogen-bond acceptors (Lipinski definition) is 7. The van der Waals surface area contributed by atoms with E-state index in [2.05, 4.69) is 10.1 Å². The number of nitro groups is 1. The van der Waals surface area contributed by atoms with Crippen LogP contribution in [-0.4, -0.2) is 29.3 Å². The number of ether oxygens (including phenoxy) is 2. The lowest BCUT2D eigenvalue weighted by Gasteiger charge is -2.07. The number of aromatic nitrogens is 2. The molecule has 0 atom stereocenters. The van der Waals surface area contributed by atoms with Gasteiger partial charge in [0.25, 0.3) is 11.6 Å². The van der Waals surface area contributed by atoms with Gasteiger partial charge in [-0.15, -0.1) is 0 Å². The van der Waals surface area contributed by atoms with E-state index in [9.17, 15) is 10.1 Å². The van der Waals surface area contributed by atoms with E-state index in [1.165, 1.54) is 12.1 Å². The van der Waals surface area contributed by atoms with E-state index in [1.807, 2.05) is 12.1 Å². The average molecular weight is 353 g/mol. The number of hydrogen-bond donors (Lipinski definition) is 0. The normalized spacial score (nSPS) is 10.8. The molecule has 0 aliphatic heterocycles. The van der Waals surface area contributed by atoms with Gasteiger partial charge in [0.15, 0.2) is 11.5 Å². The molecule has 0 unspecified atom stereocenters. The van der Waals surface area contributed by atoms with Gasteiger partial charge < -0.3 is 14.0 Å². The van der Waals surface area contributed by atoms with E-state index in [1.54, 1.807) is 44.6 Å². The van der Waals surface area contributed by atoms with E-state index in [4.69, 9.17) is 14.0 Å².